The molecule has 0 spiro atoms. The highest BCUT2D eigenvalue weighted by Gasteiger charge is 2.35. The summed E-state index contributed by atoms with van der Waals surface area (Å²) in [5.41, 5.74) is 0.973. The summed E-state index contributed by atoms with van der Waals surface area (Å²) in [7, 11) is 0. The van der Waals surface area contributed by atoms with Crippen molar-refractivity contribution in [2.45, 2.75) is 45.3 Å². The number of rotatable bonds is 4. The molecule has 0 unspecified atom stereocenters. The van der Waals surface area contributed by atoms with Gasteiger partial charge in [0.25, 0.3) is 0 Å². The van der Waals surface area contributed by atoms with Gasteiger partial charge in [-0.25, -0.2) is 4.79 Å². The molecule has 1 aliphatic rings. The van der Waals surface area contributed by atoms with Gasteiger partial charge in [0, 0.05) is 6.54 Å². The van der Waals surface area contributed by atoms with Crippen molar-refractivity contribution in [1.82, 2.24) is 4.90 Å². The van der Waals surface area contributed by atoms with Crippen LogP contribution in [0.15, 0.2) is 30.3 Å². The maximum Gasteiger partial charge on any atom is 0.329 e. The van der Waals surface area contributed by atoms with E-state index in [-0.39, 0.29) is 18.0 Å². The van der Waals surface area contributed by atoms with Crippen LogP contribution >= 0.6 is 0 Å². The number of nitrogens with zero attached hydrogens (tertiary/aromatic N) is 1. The molecule has 0 N–H and O–H groups in total. The Kier molecular flexibility index (Phi) is 4.77. The van der Waals surface area contributed by atoms with Crippen LogP contribution in [0, 0.1) is 0 Å². The predicted molar refractivity (Wildman–Crippen MR) is 76.1 cm³/mol. The lowest BCUT2D eigenvalue weighted by Gasteiger charge is -2.24. The van der Waals surface area contributed by atoms with Gasteiger partial charge in [-0.15, -0.1) is 0 Å². The molecular weight excluding hydrogens is 254 g/mol. The molecule has 1 atom stereocenters. The van der Waals surface area contributed by atoms with Crippen molar-refractivity contribution in [3.05, 3.63) is 35.9 Å². The minimum atomic E-state index is -0.409. The molecule has 4 nitrogen and oxygen atoms in total. The normalized spacial score (nSPS) is 18.4. The monoisotopic (exact) mass is 275 g/mol. The number of hydrogen-bond acceptors (Lipinski definition) is 3. The summed E-state index contributed by atoms with van der Waals surface area (Å²) in [4.78, 5) is 26.0. The Labute approximate surface area is 119 Å². The van der Waals surface area contributed by atoms with Crippen LogP contribution < -0.4 is 0 Å². The van der Waals surface area contributed by atoms with Gasteiger partial charge in [0.15, 0.2) is 0 Å². The SMILES string of the molecule is CC(C)OC(=O)[C@@H]1CCCN1C(=O)Cc1ccccc1. The Bertz CT molecular complexity index is 470. The average molecular weight is 275 g/mol. The number of benzene rings is 1. The third-order valence-corrected chi connectivity index (χ3v) is 3.40. The lowest BCUT2D eigenvalue weighted by molar-refractivity contribution is -0.156. The second kappa shape index (κ2) is 6.55. The lowest BCUT2D eigenvalue weighted by Crippen LogP contribution is -2.42. The number of esters is 1. The fraction of sp³-hybridized carbons (Fsp3) is 0.500. The van der Waals surface area contributed by atoms with Crippen molar-refractivity contribution in [2.24, 2.45) is 0 Å². The second-order valence-corrected chi connectivity index (χ2v) is 5.39. The Hall–Kier alpha value is -1.84. The highest BCUT2D eigenvalue weighted by molar-refractivity contribution is 5.86. The third kappa shape index (κ3) is 3.59. The topological polar surface area (TPSA) is 46.6 Å². The van der Waals surface area contributed by atoms with E-state index in [1.165, 1.54) is 0 Å². The third-order valence-electron chi connectivity index (χ3n) is 3.40. The predicted octanol–water partition coefficient (Wildman–Crippen LogP) is 2.17. The molecule has 1 aliphatic heterocycles. The quantitative estimate of drug-likeness (QED) is 0.791. The first kappa shape index (κ1) is 14.6. The summed E-state index contributed by atoms with van der Waals surface area (Å²) >= 11 is 0. The fourth-order valence-electron chi connectivity index (χ4n) is 2.49. The number of hydrogen-bond donors (Lipinski definition) is 0. The van der Waals surface area contributed by atoms with E-state index in [1.807, 2.05) is 44.2 Å². The van der Waals surface area contributed by atoms with Crippen LogP contribution in [-0.2, 0) is 20.7 Å². The van der Waals surface area contributed by atoms with Crippen LogP contribution in [0.2, 0.25) is 0 Å². The zero-order valence-electron chi connectivity index (χ0n) is 12.0. The van der Waals surface area contributed by atoms with E-state index in [0.717, 1.165) is 12.0 Å². The first-order valence-electron chi connectivity index (χ1n) is 7.12. The van der Waals surface area contributed by atoms with Gasteiger partial charge in [-0.3, -0.25) is 4.79 Å². The molecule has 1 heterocycles. The Morgan fingerprint density at radius 3 is 2.65 bits per heavy atom. The van der Waals surface area contributed by atoms with Crippen molar-refractivity contribution >= 4 is 11.9 Å². The van der Waals surface area contributed by atoms with Crippen molar-refractivity contribution < 1.29 is 14.3 Å². The van der Waals surface area contributed by atoms with Crippen LogP contribution in [-0.4, -0.2) is 35.5 Å². The zero-order chi connectivity index (χ0) is 14.5. The number of carbonyl (C=O) groups excluding carboxylic acids is 2. The van der Waals surface area contributed by atoms with Gasteiger partial charge >= 0.3 is 5.97 Å². The molecule has 0 aromatic heterocycles. The Morgan fingerprint density at radius 1 is 1.30 bits per heavy atom. The highest BCUT2D eigenvalue weighted by atomic mass is 16.5. The Morgan fingerprint density at radius 2 is 2.00 bits per heavy atom. The minimum Gasteiger partial charge on any atom is -0.461 e. The summed E-state index contributed by atoms with van der Waals surface area (Å²) < 4.78 is 5.23. The summed E-state index contributed by atoms with van der Waals surface area (Å²) in [6, 6.07) is 9.19. The first-order chi connectivity index (χ1) is 9.58. The molecule has 4 heteroatoms. The van der Waals surface area contributed by atoms with Gasteiger partial charge in [-0.05, 0) is 32.3 Å². The number of ether oxygens (including phenoxy) is 1. The van der Waals surface area contributed by atoms with E-state index in [9.17, 15) is 9.59 Å². The van der Waals surface area contributed by atoms with Crippen LogP contribution in [0.1, 0.15) is 32.3 Å². The highest BCUT2D eigenvalue weighted by Crippen LogP contribution is 2.20. The molecule has 0 saturated carbocycles. The van der Waals surface area contributed by atoms with E-state index >= 15 is 0 Å². The van der Waals surface area contributed by atoms with E-state index in [4.69, 9.17) is 4.74 Å². The molecule has 0 radical (unpaired) electrons. The molecule has 20 heavy (non-hydrogen) atoms. The van der Waals surface area contributed by atoms with Gasteiger partial charge in [-0.2, -0.15) is 0 Å². The molecular formula is C16H21NO3. The summed E-state index contributed by atoms with van der Waals surface area (Å²) in [6.07, 6.45) is 1.76. The van der Waals surface area contributed by atoms with Crippen molar-refractivity contribution in [2.75, 3.05) is 6.54 Å². The van der Waals surface area contributed by atoms with Gasteiger partial charge in [0.1, 0.15) is 6.04 Å². The van der Waals surface area contributed by atoms with Crippen LogP contribution in [0.25, 0.3) is 0 Å². The average Bonchev–Trinajstić information content (AvgIpc) is 2.88. The van der Waals surface area contributed by atoms with Gasteiger partial charge in [0.05, 0.1) is 12.5 Å². The molecule has 0 bridgehead atoms. The molecule has 0 aliphatic carbocycles. The molecule has 1 aromatic rings. The number of likely N-dealkylation sites (tertiary alicyclic amines) is 1. The molecule has 1 amide bonds. The van der Waals surface area contributed by atoms with E-state index in [2.05, 4.69) is 0 Å². The maximum absolute atomic E-state index is 12.3. The van der Waals surface area contributed by atoms with Crippen LogP contribution in [0.3, 0.4) is 0 Å². The van der Waals surface area contributed by atoms with Crippen LogP contribution in [0.4, 0.5) is 0 Å². The van der Waals surface area contributed by atoms with Crippen LogP contribution in [0.5, 0.6) is 0 Å². The van der Waals surface area contributed by atoms with E-state index in [1.54, 1.807) is 4.90 Å². The summed E-state index contributed by atoms with van der Waals surface area (Å²) in [5.74, 6) is -0.279. The zero-order valence-corrected chi connectivity index (χ0v) is 12.0. The summed E-state index contributed by atoms with van der Waals surface area (Å²) in [6.45, 7) is 4.29. The van der Waals surface area contributed by atoms with E-state index in [0.29, 0.717) is 19.4 Å². The summed E-state index contributed by atoms with van der Waals surface area (Å²) in [5, 5.41) is 0. The molecule has 2 rings (SSSR count). The second-order valence-electron chi connectivity index (χ2n) is 5.39. The van der Waals surface area contributed by atoms with Crippen molar-refractivity contribution in [3.63, 3.8) is 0 Å². The lowest BCUT2D eigenvalue weighted by atomic mass is 10.1. The fourth-order valence-corrected chi connectivity index (χ4v) is 2.49. The van der Waals surface area contributed by atoms with Gasteiger partial charge < -0.3 is 9.64 Å². The molecule has 1 saturated heterocycles. The first-order valence-corrected chi connectivity index (χ1v) is 7.12. The van der Waals surface area contributed by atoms with Gasteiger partial charge in [-0.1, -0.05) is 30.3 Å². The largest absolute Gasteiger partial charge is 0.461 e. The molecule has 1 fully saturated rings. The van der Waals surface area contributed by atoms with Crippen molar-refractivity contribution in [3.8, 4) is 0 Å². The number of carbonyl (C=O) groups is 2. The Balaban J connectivity index is 1.99. The molecule has 1 aromatic carbocycles. The number of amides is 1. The van der Waals surface area contributed by atoms with Crippen molar-refractivity contribution in [1.29, 1.82) is 0 Å². The smallest absolute Gasteiger partial charge is 0.329 e. The minimum absolute atomic E-state index is 0.000550. The maximum atomic E-state index is 12.3. The standard InChI is InChI=1S/C16H21NO3/c1-12(2)20-16(19)14-9-6-10-17(14)15(18)11-13-7-4-3-5-8-13/h3-5,7-8,12,14H,6,9-11H2,1-2H3/t14-/m0/s1. The van der Waals surface area contributed by atoms with Gasteiger partial charge in [0.2, 0.25) is 5.91 Å². The van der Waals surface area contributed by atoms with E-state index < -0.39 is 6.04 Å². The molecule has 108 valence electrons.